The minimum atomic E-state index is -0.0926. The molecule has 0 aromatic carbocycles. The predicted molar refractivity (Wildman–Crippen MR) is 70.7 cm³/mol. The minimum absolute atomic E-state index is 0.0926. The van der Waals surface area contributed by atoms with Gasteiger partial charge in [0.25, 0.3) is 5.91 Å². The maximum Gasteiger partial charge on any atom is 0.257 e. The molecule has 0 aliphatic rings. The average molecular weight is 246 g/mol. The number of carbonyl (C=O) groups is 1. The Morgan fingerprint density at radius 2 is 2.12 bits per heavy atom. The molecule has 2 rings (SSSR count). The zero-order valence-corrected chi connectivity index (χ0v) is 10.9. The normalized spacial score (nSPS) is 10.3. The number of pyridine rings is 1. The molecule has 0 bridgehead atoms. The van der Waals surface area contributed by atoms with Crippen molar-refractivity contribution in [3.63, 3.8) is 0 Å². The molecule has 1 N–H and O–H groups in total. The van der Waals surface area contributed by atoms with Gasteiger partial charge in [-0.25, -0.2) is 4.98 Å². The van der Waals surface area contributed by atoms with E-state index in [1.54, 1.807) is 17.5 Å². The average Bonchev–Trinajstić information content (AvgIpc) is 2.60. The lowest BCUT2D eigenvalue weighted by atomic mass is 10.1. The summed E-state index contributed by atoms with van der Waals surface area (Å²) >= 11 is 1.59. The van der Waals surface area contributed by atoms with Gasteiger partial charge in [-0.15, -0.1) is 11.3 Å². The van der Waals surface area contributed by atoms with Gasteiger partial charge in [0.2, 0.25) is 0 Å². The Morgan fingerprint density at radius 1 is 1.35 bits per heavy atom. The third-order valence-corrected chi connectivity index (χ3v) is 3.70. The van der Waals surface area contributed by atoms with Crippen LogP contribution in [0.5, 0.6) is 0 Å². The highest BCUT2D eigenvalue weighted by Crippen LogP contribution is 2.21. The lowest BCUT2D eigenvalue weighted by Gasteiger charge is -2.04. The number of aryl methyl sites for hydroxylation is 2. The van der Waals surface area contributed by atoms with E-state index in [1.807, 2.05) is 38.3 Å². The van der Waals surface area contributed by atoms with Gasteiger partial charge in [-0.3, -0.25) is 4.79 Å². The second-order valence-corrected chi connectivity index (χ2v) is 5.09. The number of aromatic nitrogens is 1. The Labute approximate surface area is 105 Å². The van der Waals surface area contributed by atoms with Gasteiger partial charge in [-0.2, -0.15) is 0 Å². The highest BCUT2D eigenvalue weighted by Gasteiger charge is 2.12. The lowest BCUT2D eigenvalue weighted by Crippen LogP contribution is -2.13. The summed E-state index contributed by atoms with van der Waals surface area (Å²) in [6, 6.07) is 3.75. The molecule has 0 aliphatic carbocycles. The Hall–Kier alpha value is -1.68. The van der Waals surface area contributed by atoms with Crippen LogP contribution in [-0.2, 0) is 0 Å². The number of thiophene rings is 1. The molecule has 17 heavy (non-hydrogen) atoms. The molecular weight excluding hydrogens is 232 g/mol. The van der Waals surface area contributed by atoms with E-state index in [4.69, 9.17) is 0 Å². The van der Waals surface area contributed by atoms with Crippen LogP contribution in [0.1, 0.15) is 26.4 Å². The predicted octanol–water partition coefficient (Wildman–Crippen LogP) is 3.32. The summed E-state index contributed by atoms with van der Waals surface area (Å²) in [6.07, 6.45) is 1.69. The molecule has 0 fully saturated rings. The molecule has 4 heteroatoms. The largest absolute Gasteiger partial charge is 0.307 e. The first-order chi connectivity index (χ1) is 8.08. The fourth-order valence-electron chi connectivity index (χ4n) is 1.53. The van der Waals surface area contributed by atoms with Gasteiger partial charge in [0, 0.05) is 16.5 Å². The third-order valence-electron chi connectivity index (χ3n) is 2.69. The summed E-state index contributed by atoms with van der Waals surface area (Å²) in [5.41, 5.74) is 2.85. The van der Waals surface area contributed by atoms with Crippen molar-refractivity contribution < 1.29 is 4.79 Å². The molecule has 3 nitrogen and oxygen atoms in total. The van der Waals surface area contributed by atoms with E-state index in [2.05, 4.69) is 10.3 Å². The zero-order valence-electron chi connectivity index (χ0n) is 10.1. The molecule has 0 atom stereocenters. The molecule has 0 spiro atoms. The number of nitrogens with zero attached hydrogens (tertiary/aromatic N) is 1. The van der Waals surface area contributed by atoms with Crippen molar-refractivity contribution in [1.82, 2.24) is 4.98 Å². The smallest absolute Gasteiger partial charge is 0.257 e. The van der Waals surface area contributed by atoms with Crippen LogP contribution in [0, 0.1) is 20.8 Å². The van der Waals surface area contributed by atoms with Gasteiger partial charge in [0.15, 0.2) is 0 Å². The van der Waals surface area contributed by atoms with Crippen molar-refractivity contribution in [2.45, 2.75) is 20.8 Å². The van der Waals surface area contributed by atoms with Crippen molar-refractivity contribution >= 4 is 23.1 Å². The van der Waals surface area contributed by atoms with Crippen LogP contribution in [0.4, 0.5) is 5.82 Å². The van der Waals surface area contributed by atoms with E-state index < -0.39 is 0 Å². The lowest BCUT2D eigenvalue weighted by molar-refractivity contribution is 0.102. The zero-order chi connectivity index (χ0) is 12.4. The highest BCUT2D eigenvalue weighted by atomic mass is 32.1. The number of hydrogen-bond acceptors (Lipinski definition) is 3. The van der Waals surface area contributed by atoms with Crippen molar-refractivity contribution in [2.75, 3.05) is 5.32 Å². The molecule has 0 saturated carbocycles. The van der Waals surface area contributed by atoms with Gasteiger partial charge < -0.3 is 5.32 Å². The van der Waals surface area contributed by atoms with Gasteiger partial charge in [0.1, 0.15) is 5.82 Å². The molecule has 0 saturated heterocycles. The Morgan fingerprint density at radius 3 is 2.71 bits per heavy atom. The van der Waals surface area contributed by atoms with E-state index in [0.29, 0.717) is 5.82 Å². The Kier molecular flexibility index (Phi) is 3.24. The Balaban J connectivity index is 2.20. The van der Waals surface area contributed by atoms with Crippen LogP contribution < -0.4 is 5.32 Å². The molecule has 2 heterocycles. The topological polar surface area (TPSA) is 42.0 Å². The van der Waals surface area contributed by atoms with Crippen LogP contribution >= 0.6 is 11.3 Å². The van der Waals surface area contributed by atoms with Crippen LogP contribution in [0.2, 0.25) is 0 Å². The summed E-state index contributed by atoms with van der Waals surface area (Å²) in [6.45, 7) is 5.95. The van der Waals surface area contributed by atoms with Crippen molar-refractivity contribution in [3.05, 3.63) is 45.3 Å². The van der Waals surface area contributed by atoms with Crippen LogP contribution in [0.15, 0.2) is 23.7 Å². The number of amides is 1. The molecule has 2 aromatic rings. The molecule has 88 valence electrons. The van der Waals surface area contributed by atoms with Gasteiger partial charge >= 0.3 is 0 Å². The molecule has 0 radical (unpaired) electrons. The first kappa shape index (κ1) is 11.8. The van der Waals surface area contributed by atoms with Crippen LogP contribution in [0.3, 0.4) is 0 Å². The van der Waals surface area contributed by atoms with Crippen molar-refractivity contribution in [3.8, 4) is 0 Å². The van der Waals surface area contributed by atoms with Crippen LogP contribution in [0.25, 0.3) is 0 Å². The van der Waals surface area contributed by atoms with E-state index in [1.165, 1.54) is 4.88 Å². The van der Waals surface area contributed by atoms with Crippen LogP contribution in [-0.4, -0.2) is 10.9 Å². The summed E-state index contributed by atoms with van der Waals surface area (Å²) in [4.78, 5) is 17.3. The van der Waals surface area contributed by atoms with Crippen molar-refractivity contribution in [1.29, 1.82) is 0 Å². The maximum absolute atomic E-state index is 12.0. The third kappa shape index (κ3) is 2.53. The summed E-state index contributed by atoms with van der Waals surface area (Å²) in [5, 5.41) is 4.69. The van der Waals surface area contributed by atoms with Gasteiger partial charge in [-0.1, -0.05) is 0 Å². The quantitative estimate of drug-likeness (QED) is 0.883. The molecule has 2 aromatic heterocycles. The monoisotopic (exact) mass is 246 g/mol. The molecule has 0 aliphatic heterocycles. The summed E-state index contributed by atoms with van der Waals surface area (Å²) in [7, 11) is 0. The van der Waals surface area contributed by atoms with Crippen molar-refractivity contribution in [2.24, 2.45) is 0 Å². The maximum atomic E-state index is 12.0. The van der Waals surface area contributed by atoms with Gasteiger partial charge in [-0.05, 0) is 44.0 Å². The minimum Gasteiger partial charge on any atom is -0.307 e. The first-order valence-electron chi connectivity index (χ1n) is 5.36. The SMILES string of the molecule is Cc1ccnc(NC(=O)c2csc(C)c2C)c1. The number of nitrogens with one attached hydrogen (secondary N) is 1. The number of carbonyl (C=O) groups excluding carboxylic acids is 1. The number of anilines is 1. The standard InChI is InChI=1S/C13H14N2OS/c1-8-4-5-14-12(6-8)15-13(16)11-7-17-10(3)9(11)2/h4-7H,1-3H3,(H,14,15,16). The Bertz CT molecular complexity index is 560. The summed E-state index contributed by atoms with van der Waals surface area (Å²) < 4.78 is 0. The van der Waals surface area contributed by atoms with E-state index in [9.17, 15) is 4.79 Å². The van der Waals surface area contributed by atoms with E-state index in [-0.39, 0.29) is 5.91 Å². The van der Waals surface area contributed by atoms with Gasteiger partial charge in [0.05, 0.1) is 5.56 Å². The fourth-order valence-corrected chi connectivity index (χ4v) is 2.39. The molecule has 1 amide bonds. The second kappa shape index (κ2) is 4.67. The summed E-state index contributed by atoms with van der Waals surface area (Å²) in [5.74, 6) is 0.503. The highest BCUT2D eigenvalue weighted by molar-refractivity contribution is 7.10. The van der Waals surface area contributed by atoms with E-state index >= 15 is 0 Å². The molecular formula is C13H14N2OS. The molecule has 0 unspecified atom stereocenters. The second-order valence-electron chi connectivity index (χ2n) is 4.00. The fraction of sp³-hybridized carbons (Fsp3) is 0.231. The van der Waals surface area contributed by atoms with E-state index in [0.717, 1.165) is 16.7 Å². The first-order valence-corrected chi connectivity index (χ1v) is 6.24. The number of rotatable bonds is 2. The number of hydrogen-bond donors (Lipinski definition) is 1.